The number of Topliss-reactive ketones (excluding diaryl/α,β-unsaturated/α-hetero) is 1. The molecule has 0 aromatic carbocycles. The van der Waals surface area contributed by atoms with E-state index in [9.17, 15) is 24.3 Å². The van der Waals surface area contributed by atoms with Gasteiger partial charge in [0.05, 0.1) is 6.10 Å². The Morgan fingerprint density at radius 3 is 2.50 bits per heavy atom. The average Bonchev–Trinajstić information content (AvgIpc) is 3.00. The third kappa shape index (κ3) is 3.80. The van der Waals surface area contributed by atoms with Gasteiger partial charge in [0.25, 0.3) is 0 Å². The van der Waals surface area contributed by atoms with E-state index in [2.05, 4.69) is 13.8 Å². The van der Waals surface area contributed by atoms with Crippen molar-refractivity contribution in [3.8, 4) is 0 Å². The van der Waals surface area contributed by atoms with Crippen LogP contribution in [0.3, 0.4) is 0 Å². The number of ketones is 2. The monoisotopic (exact) mass is 500 g/mol. The maximum absolute atomic E-state index is 13.8. The molecule has 0 bridgehead atoms. The number of ether oxygens (including phenoxy) is 2. The lowest BCUT2D eigenvalue weighted by atomic mass is 9.44. The van der Waals surface area contributed by atoms with Crippen LogP contribution < -0.4 is 0 Å². The standard InChI is InChI=1S/C29H40O7/c1-7-8-25(34)36-29(24(33)15-35-18(4)30)17(3)12-22-20-11-16(2)21-13-19(31)9-10-27(21,5)26(20)23(32)14-28(22,29)6/h9-10,13,16-17,20,22-23,26,32H,7-8,11-12,14-15H2,1-6H3/t16?,17?,20-,22-,23?,26+,27-,28-,29-/m0/s1. The molecule has 0 aliphatic heterocycles. The number of carbonyl (C=O) groups is 4. The number of fused-ring (bicyclic) bond motifs is 5. The number of hydrogen-bond donors (Lipinski definition) is 1. The molecule has 4 aliphatic rings. The van der Waals surface area contributed by atoms with Crippen molar-refractivity contribution in [2.45, 2.75) is 85.4 Å². The van der Waals surface area contributed by atoms with Crippen molar-refractivity contribution < 1.29 is 33.8 Å². The van der Waals surface area contributed by atoms with Gasteiger partial charge in [-0.05, 0) is 55.6 Å². The number of carbonyl (C=O) groups excluding carboxylic acids is 4. The number of rotatable bonds is 6. The molecule has 0 heterocycles. The minimum atomic E-state index is -1.48. The fourth-order valence-electron chi connectivity index (χ4n) is 8.64. The molecule has 198 valence electrons. The lowest BCUT2D eigenvalue weighted by molar-refractivity contribution is -0.207. The van der Waals surface area contributed by atoms with Crippen LogP contribution in [0, 0.1) is 40.4 Å². The van der Waals surface area contributed by atoms with Gasteiger partial charge in [-0.1, -0.05) is 46.3 Å². The predicted octanol–water partition coefficient (Wildman–Crippen LogP) is 3.97. The Morgan fingerprint density at radius 2 is 1.86 bits per heavy atom. The Labute approximate surface area is 213 Å². The van der Waals surface area contributed by atoms with Gasteiger partial charge < -0.3 is 14.6 Å². The second kappa shape index (κ2) is 9.23. The summed E-state index contributed by atoms with van der Waals surface area (Å²) in [6.45, 7) is 10.8. The SMILES string of the molecule is CCCC(=O)O[C@]1(C(=O)COC(C)=O)C(C)C[C@H]2[C@@H]3CC(C)C4=CC(=O)C=C[C@]4(C)[C@H]3C(O)C[C@@]21C. The molecule has 3 unspecified atom stereocenters. The first-order valence-electron chi connectivity index (χ1n) is 13.3. The van der Waals surface area contributed by atoms with E-state index >= 15 is 0 Å². The third-order valence-corrected chi connectivity index (χ3v) is 9.91. The molecule has 0 aromatic rings. The van der Waals surface area contributed by atoms with Crippen molar-refractivity contribution >= 4 is 23.5 Å². The van der Waals surface area contributed by atoms with Crippen LogP contribution in [-0.2, 0) is 28.7 Å². The molecular weight excluding hydrogens is 460 g/mol. The van der Waals surface area contributed by atoms with Crippen LogP contribution in [0.15, 0.2) is 23.8 Å². The van der Waals surface area contributed by atoms with Crippen molar-refractivity contribution in [2.75, 3.05) is 6.61 Å². The number of aliphatic hydroxyl groups excluding tert-OH is 1. The summed E-state index contributed by atoms with van der Waals surface area (Å²) in [5.74, 6) is -1.62. The normalized spacial score (nSPS) is 43.1. The van der Waals surface area contributed by atoms with Crippen LogP contribution in [0.2, 0.25) is 0 Å². The van der Waals surface area contributed by atoms with Gasteiger partial charge in [0.15, 0.2) is 18.0 Å². The molecule has 1 N–H and O–H groups in total. The number of aliphatic hydroxyl groups is 1. The summed E-state index contributed by atoms with van der Waals surface area (Å²) in [5, 5.41) is 11.7. The third-order valence-electron chi connectivity index (χ3n) is 9.91. The van der Waals surface area contributed by atoms with Crippen molar-refractivity contribution in [3.05, 3.63) is 23.8 Å². The Kier molecular flexibility index (Phi) is 6.87. The molecule has 4 aliphatic carbocycles. The average molecular weight is 501 g/mol. The highest BCUT2D eigenvalue weighted by Gasteiger charge is 2.73. The van der Waals surface area contributed by atoms with E-state index in [0.29, 0.717) is 12.8 Å². The largest absolute Gasteiger partial charge is 0.458 e. The zero-order chi connectivity index (χ0) is 26.6. The van der Waals surface area contributed by atoms with Crippen LogP contribution in [0.4, 0.5) is 0 Å². The molecular formula is C29H40O7. The summed E-state index contributed by atoms with van der Waals surface area (Å²) in [7, 11) is 0. The van der Waals surface area contributed by atoms with Crippen molar-refractivity contribution in [3.63, 3.8) is 0 Å². The number of hydrogen-bond acceptors (Lipinski definition) is 7. The van der Waals surface area contributed by atoms with Gasteiger partial charge in [0.1, 0.15) is 0 Å². The van der Waals surface area contributed by atoms with Gasteiger partial charge in [0, 0.05) is 36.0 Å². The zero-order valence-electron chi connectivity index (χ0n) is 22.3. The zero-order valence-corrected chi connectivity index (χ0v) is 22.3. The molecule has 0 spiro atoms. The second-order valence-electron chi connectivity index (χ2n) is 12.0. The maximum Gasteiger partial charge on any atom is 0.306 e. The van der Waals surface area contributed by atoms with Crippen LogP contribution in [-0.4, -0.2) is 46.9 Å². The van der Waals surface area contributed by atoms with Gasteiger partial charge in [-0.15, -0.1) is 0 Å². The molecule has 0 aromatic heterocycles. The van der Waals surface area contributed by atoms with E-state index < -0.39 is 46.9 Å². The highest BCUT2D eigenvalue weighted by Crippen LogP contribution is 2.69. The van der Waals surface area contributed by atoms with Crippen molar-refractivity contribution in [1.82, 2.24) is 0 Å². The highest BCUT2D eigenvalue weighted by molar-refractivity contribution is 6.01. The minimum absolute atomic E-state index is 0.0171. The first-order valence-corrected chi connectivity index (χ1v) is 13.3. The van der Waals surface area contributed by atoms with Gasteiger partial charge in [0.2, 0.25) is 5.78 Å². The van der Waals surface area contributed by atoms with Crippen LogP contribution >= 0.6 is 0 Å². The first kappa shape index (κ1) is 26.8. The Hall–Kier alpha value is -2.28. The molecule has 3 fully saturated rings. The molecule has 7 heteroatoms. The van der Waals surface area contributed by atoms with E-state index in [0.717, 1.165) is 12.0 Å². The first-order chi connectivity index (χ1) is 16.8. The molecule has 4 rings (SSSR count). The Bertz CT molecular complexity index is 1030. The maximum atomic E-state index is 13.8. The quantitative estimate of drug-likeness (QED) is 0.550. The summed E-state index contributed by atoms with van der Waals surface area (Å²) in [6, 6.07) is 0. The van der Waals surface area contributed by atoms with E-state index in [1.807, 2.05) is 26.8 Å². The van der Waals surface area contributed by atoms with Crippen molar-refractivity contribution in [2.24, 2.45) is 40.4 Å². The summed E-state index contributed by atoms with van der Waals surface area (Å²) < 4.78 is 11.3. The molecule has 0 saturated heterocycles. The molecule has 9 atom stereocenters. The predicted molar refractivity (Wildman–Crippen MR) is 132 cm³/mol. The lowest BCUT2D eigenvalue weighted by Gasteiger charge is -2.61. The fourth-order valence-corrected chi connectivity index (χ4v) is 8.64. The molecule has 7 nitrogen and oxygen atoms in total. The number of allylic oxidation sites excluding steroid dienone is 4. The summed E-state index contributed by atoms with van der Waals surface area (Å²) in [5.41, 5.74) is -1.69. The lowest BCUT2D eigenvalue weighted by Crippen LogP contribution is -2.64. The van der Waals surface area contributed by atoms with Gasteiger partial charge in [-0.2, -0.15) is 0 Å². The molecule has 0 amide bonds. The van der Waals surface area contributed by atoms with E-state index in [1.165, 1.54) is 6.92 Å². The summed E-state index contributed by atoms with van der Waals surface area (Å²) >= 11 is 0. The van der Waals surface area contributed by atoms with Crippen LogP contribution in [0.5, 0.6) is 0 Å². The topological polar surface area (TPSA) is 107 Å². The van der Waals surface area contributed by atoms with Gasteiger partial charge in [-0.3, -0.25) is 19.2 Å². The van der Waals surface area contributed by atoms with Crippen LogP contribution in [0.1, 0.15) is 73.6 Å². The van der Waals surface area contributed by atoms with Gasteiger partial charge in [-0.25, -0.2) is 0 Å². The number of esters is 2. The summed E-state index contributed by atoms with van der Waals surface area (Å²) in [4.78, 5) is 50.5. The van der Waals surface area contributed by atoms with Crippen LogP contribution in [0.25, 0.3) is 0 Å². The van der Waals surface area contributed by atoms with E-state index in [-0.39, 0.29) is 48.2 Å². The summed E-state index contributed by atoms with van der Waals surface area (Å²) in [6.07, 6.45) is 7.06. The van der Waals surface area contributed by atoms with E-state index in [1.54, 1.807) is 12.2 Å². The Morgan fingerprint density at radius 1 is 1.17 bits per heavy atom. The Balaban J connectivity index is 1.79. The molecule has 36 heavy (non-hydrogen) atoms. The minimum Gasteiger partial charge on any atom is -0.458 e. The van der Waals surface area contributed by atoms with E-state index in [4.69, 9.17) is 9.47 Å². The van der Waals surface area contributed by atoms with Crippen molar-refractivity contribution in [1.29, 1.82) is 0 Å². The smallest absolute Gasteiger partial charge is 0.306 e. The molecule has 0 radical (unpaired) electrons. The fraction of sp³-hybridized carbons (Fsp3) is 0.724. The highest BCUT2D eigenvalue weighted by atomic mass is 16.6. The molecule has 3 saturated carbocycles. The van der Waals surface area contributed by atoms with Gasteiger partial charge >= 0.3 is 11.9 Å². The second-order valence-corrected chi connectivity index (χ2v) is 12.0.